The predicted molar refractivity (Wildman–Crippen MR) is 82.7 cm³/mol. The highest BCUT2D eigenvalue weighted by Gasteiger charge is 2.32. The maximum atomic E-state index is 12.4. The average molecular weight is 346 g/mol. The van der Waals surface area contributed by atoms with Gasteiger partial charge in [0, 0.05) is 19.7 Å². The van der Waals surface area contributed by atoms with Gasteiger partial charge in [0.15, 0.2) is 5.75 Å². The van der Waals surface area contributed by atoms with Gasteiger partial charge in [0.2, 0.25) is 0 Å². The number of anilines is 1. The fraction of sp³-hybridized carbons (Fsp3) is 0.562. The Hall–Kier alpha value is -1.96. The predicted octanol–water partition coefficient (Wildman–Crippen LogP) is 3.60. The maximum absolute atomic E-state index is 12.4. The SMILES string of the molecule is CN(C(=O)Nc1ccccc1OC(F)(F)F)C1CCC(CO)CC1. The minimum Gasteiger partial charge on any atom is -0.404 e. The molecule has 1 aromatic carbocycles. The molecule has 0 spiro atoms. The van der Waals surface area contributed by atoms with E-state index in [2.05, 4.69) is 10.1 Å². The highest BCUT2D eigenvalue weighted by molar-refractivity contribution is 5.91. The van der Waals surface area contributed by atoms with Crippen molar-refractivity contribution in [3.05, 3.63) is 24.3 Å². The third kappa shape index (κ3) is 5.02. The van der Waals surface area contributed by atoms with Crippen LogP contribution in [0, 0.1) is 5.92 Å². The van der Waals surface area contributed by atoms with E-state index in [0.717, 1.165) is 31.7 Å². The molecular weight excluding hydrogens is 325 g/mol. The fourth-order valence-electron chi connectivity index (χ4n) is 2.87. The van der Waals surface area contributed by atoms with Crippen molar-refractivity contribution in [1.29, 1.82) is 0 Å². The van der Waals surface area contributed by atoms with Crippen LogP contribution in [0.2, 0.25) is 0 Å². The molecule has 1 aromatic rings. The Morgan fingerprint density at radius 2 is 1.92 bits per heavy atom. The number of alkyl halides is 3. The van der Waals surface area contributed by atoms with E-state index in [1.165, 1.54) is 23.1 Å². The zero-order valence-electron chi connectivity index (χ0n) is 13.3. The number of nitrogens with one attached hydrogen (secondary N) is 1. The third-order valence-corrected chi connectivity index (χ3v) is 4.30. The fourth-order valence-corrected chi connectivity index (χ4v) is 2.87. The van der Waals surface area contributed by atoms with Crippen LogP contribution >= 0.6 is 0 Å². The van der Waals surface area contributed by atoms with Gasteiger partial charge in [-0.25, -0.2) is 4.79 Å². The second-order valence-corrected chi connectivity index (χ2v) is 5.94. The molecule has 2 amide bonds. The Kier molecular flexibility index (Phi) is 5.93. The van der Waals surface area contributed by atoms with Crippen molar-refractivity contribution in [2.45, 2.75) is 38.1 Å². The second-order valence-electron chi connectivity index (χ2n) is 5.94. The van der Waals surface area contributed by atoms with E-state index in [1.54, 1.807) is 7.05 Å². The van der Waals surface area contributed by atoms with Gasteiger partial charge in [-0.3, -0.25) is 0 Å². The molecule has 134 valence electrons. The lowest BCUT2D eigenvalue weighted by Crippen LogP contribution is -2.42. The van der Waals surface area contributed by atoms with Crippen LogP contribution in [0.25, 0.3) is 0 Å². The highest BCUT2D eigenvalue weighted by Crippen LogP contribution is 2.31. The lowest BCUT2D eigenvalue weighted by molar-refractivity contribution is -0.274. The van der Waals surface area contributed by atoms with Crippen molar-refractivity contribution < 1.29 is 27.8 Å². The van der Waals surface area contributed by atoms with Crippen LogP contribution in [0.5, 0.6) is 5.75 Å². The minimum atomic E-state index is -4.82. The van der Waals surface area contributed by atoms with E-state index in [1.807, 2.05) is 0 Å². The molecule has 0 atom stereocenters. The van der Waals surface area contributed by atoms with Crippen molar-refractivity contribution in [3.63, 3.8) is 0 Å². The summed E-state index contributed by atoms with van der Waals surface area (Å²) in [5.41, 5.74) is -0.0317. The molecule has 1 aliphatic rings. The van der Waals surface area contributed by atoms with Gasteiger partial charge in [-0.05, 0) is 43.7 Å². The molecule has 2 N–H and O–H groups in total. The lowest BCUT2D eigenvalue weighted by Gasteiger charge is -2.34. The number of nitrogens with zero attached hydrogens (tertiary/aromatic N) is 1. The van der Waals surface area contributed by atoms with Gasteiger partial charge in [-0.2, -0.15) is 0 Å². The standard InChI is InChI=1S/C16H21F3N2O3/c1-21(12-8-6-11(10-22)7-9-12)15(23)20-13-4-2-3-5-14(13)24-16(17,18)19/h2-5,11-12,22H,6-10H2,1H3,(H,20,23). The Morgan fingerprint density at radius 3 is 2.50 bits per heavy atom. The molecule has 0 heterocycles. The summed E-state index contributed by atoms with van der Waals surface area (Å²) in [4.78, 5) is 13.8. The third-order valence-electron chi connectivity index (χ3n) is 4.30. The molecule has 0 aliphatic heterocycles. The van der Waals surface area contributed by atoms with Crippen LogP contribution in [0.4, 0.5) is 23.7 Å². The smallest absolute Gasteiger partial charge is 0.404 e. The molecule has 2 rings (SSSR count). The molecular formula is C16H21F3N2O3. The molecule has 0 unspecified atom stereocenters. The molecule has 1 fully saturated rings. The largest absolute Gasteiger partial charge is 0.573 e. The minimum absolute atomic E-state index is 0.00324. The van der Waals surface area contributed by atoms with Crippen molar-refractivity contribution >= 4 is 11.7 Å². The number of hydrogen-bond acceptors (Lipinski definition) is 3. The van der Waals surface area contributed by atoms with Crippen molar-refractivity contribution in [1.82, 2.24) is 4.90 Å². The van der Waals surface area contributed by atoms with E-state index in [4.69, 9.17) is 5.11 Å². The highest BCUT2D eigenvalue weighted by atomic mass is 19.4. The molecule has 8 heteroatoms. The zero-order valence-corrected chi connectivity index (χ0v) is 13.3. The quantitative estimate of drug-likeness (QED) is 0.876. The normalized spacial score (nSPS) is 21.2. The number of aliphatic hydroxyl groups excluding tert-OH is 1. The number of amides is 2. The number of halogens is 3. The van der Waals surface area contributed by atoms with Gasteiger partial charge in [0.25, 0.3) is 0 Å². The Balaban J connectivity index is 1.99. The van der Waals surface area contributed by atoms with Crippen LogP contribution in [0.15, 0.2) is 24.3 Å². The van der Waals surface area contributed by atoms with Gasteiger partial charge in [-0.1, -0.05) is 12.1 Å². The van der Waals surface area contributed by atoms with E-state index < -0.39 is 18.1 Å². The van der Waals surface area contributed by atoms with E-state index in [-0.39, 0.29) is 24.3 Å². The summed E-state index contributed by atoms with van der Waals surface area (Å²) in [5.74, 6) is -0.186. The summed E-state index contributed by atoms with van der Waals surface area (Å²) in [5, 5.41) is 11.6. The van der Waals surface area contributed by atoms with Crippen LogP contribution < -0.4 is 10.1 Å². The number of ether oxygens (including phenoxy) is 1. The first kappa shape index (κ1) is 18.4. The van der Waals surface area contributed by atoms with Crippen LogP contribution in [-0.2, 0) is 0 Å². The summed E-state index contributed by atoms with van der Waals surface area (Å²) in [7, 11) is 1.62. The molecule has 0 radical (unpaired) electrons. The van der Waals surface area contributed by atoms with Crippen LogP contribution in [0.1, 0.15) is 25.7 Å². The van der Waals surface area contributed by atoms with E-state index in [0.29, 0.717) is 0 Å². The molecule has 0 bridgehead atoms. The lowest BCUT2D eigenvalue weighted by atomic mass is 9.86. The van der Waals surface area contributed by atoms with E-state index >= 15 is 0 Å². The molecule has 1 aliphatic carbocycles. The first-order chi connectivity index (χ1) is 11.3. The molecule has 0 aromatic heterocycles. The summed E-state index contributed by atoms with van der Waals surface area (Å²) in [6, 6.07) is 4.94. The Labute approximate surface area is 138 Å². The molecule has 0 saturated heterocycles. The number of rotatable bonds is 4. The number of carbonyl (C=O) groups is 1. The monoisotopic (exact) mass is 346 g/mol. The number of aliphatic hydroxyl groups is 1. The summed E-state index contributed by atoms with van der Waals surface area (Å²) in [6.07, 6.45) is -1.65. The number of carbonyl (C=O) groups excluding carboxylic acids is 1. The van der Waals surface area contributed by atoms with Crippen molar-refractivity contribution in [2.75, 3.05) is 19.0 Å². The maximum Gasteiger partial charge on any atom is 0.573 e. The van der Waals surface area contributed by atoms with Gasteiger partial charge >= 0.3 is 12.4 Å². The number of para-hydroxylation sites is 2. The van der Waals surface area contributed by atoms with Gasteiger partial charge in [-0.15, -0.1) is 13.2 Å². The summed E-state index contributed by atoms with van der Waals surface area (Å²) >= 11 is 0. The molecule has 5 nitrogen and oxygen atoms in total. The van der Waals surface area contributed by atoms with Crippen molar-refractivity contribution in [3.8, 4) is 5.75 Å². The zero-order chi connectivity index (χ0) is 17.7. The van der Waals surface area contributed by atoms with Crippen molar-refractivity contribution in [2.24, 2.45) is 5.92 Å². The Morgan fingerprint density at radius 1 is 1.29 bits per heavy atom. The summed E-state index contributed by atoms with van der Waals surface area (Å²) in [6.45, 7) is 0.144. The second kappa shape index (κ2) is 7.74. The molecule has 24 heavy (non-hydrogen) atoms. The molecule has 1 saturated carbocycles. The summed E-state index contributed by atoms with van der Waals surface area (Å²) < 4.78 is 41.2. The van der Waals surface area contributed by atoms with E-state index in [9.17, 15) is 18.0 Å². The Bertz CT molecular complexity index is 558. The first-order valence-electron chi connectivity index (χ1n) is 7.79. The van der Waals surface area contributed by atoms with Gasteiger partial charge in [0.05, 0.1) is 5.69 Å². The topological polar surface area (TPSA) is 61.8 Å². The first-order valence-corrected chi connectivity index (χ1v) is 7.79. The number of benzene rings is 1. The van der Waals surface area contributed by atoms with Gasteiger partial charge < -0.3 is 20.1 Å². The average Bonchev–Trinajstić information content (AvgIpc) is 2.54. The van der Waals surface area contributed by atoms with Crippen LogP contribution in [-0.4, -0.2) is 42.1 Å². The number of hydrogen-bond donors (Lipinski definition) is 2. The van der Waals surface area contributed by atoms with Gasteiger partial charge in [0.1, 0.15) is 0 Å². The van der Waals surface area contributed by atoms with Crippen LogP contribution in [0.3, 0.4) is 0 Å². The number of urea groups is 1.